The second kappa shape index (κ2) is 10.9. The summed E-state index contributed by atoms with van der Waals surface area (Å²) >= 11 is 6.39. The van der Waals surface area contributed by atoms with E-state index in [0.717, 1.165) is 105 Å². The third-order valence-corrected chi connectivity index (χ3v) is 7.84. The fourth-order valence-corrected chi connectivity index (χ4v) is 5.57. The lowest BCUT2D eigenvalue weighted by atomic mass is 10.1. The summed E-state index contributed by atoms with van der Waals surface area (Å²) in [6.07, 6.45) is 0.973. The van der Waals surface area contributed by atoms with Gasteiger partial charge in [0.1, 0.15) is 11.4 Å². The van der Waals surface area contributed by atoms with Crippen molar-refractivity contribution in [2.75, 3.05) is 82.8 Å². The highest BCUT2D eigenvalue weighted by molar-refractivity contribution is 6.31. The van der Waals surface area contributed by atoms with E-state index >= 15 is 0 Å². The van der Waals surface area contributed by atoms with Crippen LogP contribution in [0, 0.1) is 0 Å². The van der Waals surface area contributed by atoms with Crippen LogP contribution in [0.4, 0.5) is 11.4 Å². The van der Waals surface area contributed by atoms with Crippen molar-refractivity contribution in [2.24, 2.45) is 0 Å². The Labute approximate surface area is 226 Å². The first kappa shape index (κ1) is 25.2. The van der Waals surface area contributed by atoms with Gasteiger partial charge in [-0.1, -0.05) is 11.6 Å². The van der Waals surface area contributed by atoms with Crippen LogP contribution in [0.15, 0.2) is 41.2 Å². The van der Waals surface area contributed by atoms with E-state index < -0.39 is 0 Å². The van der Waals surface area contributed by atoms with E-state index in [0.29, 0.717) is 16.4 Å². The van der Waals surface area contributed by atoms with Gasteiger partial charge in [-0.2, -0.15) is 0 Å². The first-order chi connectivity index (χ1) is 18.5. The van der Waals surface area contributed by atoms with Crippen molar-refractivity contribution in [2.45, 2.75) is 6.42 Å². The van der Waals surface area contributed by atoms with E-state index in [1.807, 2.05) is 18.2 Å². The summed E-state index contributed by atoms with van der Waals surface area (Å²) in [4.78, 5) is 31.9. The molecule has 10 heteroatoms. The lowest BCUT2D eigenvalue weighted by molar-refractivity contribution is 0.122. The molecule has 2 saturated heterocycles. The number of fused-ring (bicyclic) bond motifs is 2. The fraction of sp³-hybridized carbons (Fsp3) is 0.429. The number of hydrogen-bond acceptors (Lipinski definition) is 7. The lowest BCUT2D eigenvalue weighted by Crippen LogP contribution is -2.44. The smallest absolute Gasteiger partial charge is 0.261 e. The fourth-order valence-electron chi connectivity index (χ4n) is 5.40. The number of halogens is 1. The van der Waals surface area contributed by atoms with Gasteiger partial charge >= 0.3 is 0 Å². The molecule has 6 rings (SSSR count). The zero-order valence-electron chi connectivity index (χ0n) is 21.7. The molecule has 2 aliphatic rings. The van der Waals surface area contributed by atoms with Crippen molar-refractivity contribution in [3.63, 3.8) is 0 Å². The van der Waals surface area contributed by atoms with Crippen LogP contribution in [-0.2, 0) is 4.74 Å². The Morgan fingerprint density at radius 1 is 1.00 bits per heavy atom. The lowest BCUT2D eigenvalue weighted by Gasteiger charge is -2.32. The van der Waals surface area contributed by atoms with Crippen molar-refractivity contribution in [1.29, 1.82) is 0 Å². The van der Waals surface area contributed by atoms with Gasteiger partial charge in [0.2, 0.25) is 0 Å². The third kappa shape index (κ3) is 5.24. The molecule has 4 heterocycles. The summed E-state index contributed by atoms with van der Waals surface area (Å²) in [7, 11) is 2.17. The number of anilines is 2. The number of H-pyrrole nitrogens is 2. The molecule has 4 aromatic rings. The standard InChI is InChI=1S/C28H34ClN7O2/c1-34-9-11-35(12-10-34)8-2-7-30-26-21-17-19(29)3-5-22(21)33-28(37)25(26)27-31-23-6-4-20(18-24(23)32-27)36-13-15-38-16-14-36/h3-6,17-18H,2,7-16H2,1H3,(H,31,32)(H2,30,33,37). The molecule has 2 aromatic carbocycles. The number of aromatic nitrogens is 3. The number of hydrogen-bond donors (Lipinski definition) is 3. The van der Waals surface area contributed by atoms with E-state index in [4.69, 9.17) is 21.3 Å². The number of aromatic amines is 2. The molecule has 0 radical (unpaired) electrons. The number of pyridine rings is 1. The maximum Gasteiger partial charge on any atom is 0.261 e. The molecule has 0 aliphatic carbocycles. The molecule has 0 amide bonds. The van der Waals surface area contributed by atoms with Gasteiger partial charge in [0, 0.05) is 61.9 Å². The molecule has 200 valence electrons. The molecule has 0 unspecified atom stereocenters. The highest BCUT2D eigenvalue weighted by atomic mass is 35.5. The molecule has 38 heavy (non-hydrogen) atoms. The van der Waals surface area contributed by atoms with Crippen LogP contribution in [0.2, 0.25) is 5.02 Å². The summed E-state index contributed by atoms with van der Waals surface area (Å²) < 4.78 is 5.50. The Bertz CT molecular complexity index is 1490. The summed E-state index contributed by atoms with van der Waals surface area (Å²) in [5.74, 6) is 0.545. The highest BCUT2D eigenvalue weighted by Crippen LogP contribution is 2.33. The second-order valence-corrected chi connectivity index (χ2v) is 10.6. The molecule has 0 bridgehead atoms. The van der Waals surface area contributed by atoms with Crippen LogP contribution in [0.3, 0.4) is 0 Å². The average molecular weight is 536 g/mol. The largest absolute Gasteiger partial charge is 0.384 e. The zero-order chi connectivity index (χ0) is 26.1. The molecule has 3 N–H and O–H groups in total. The van der Waals surface area contributed by atoms with Crippen LogP contribution in [0.1, 0.15) is 6.42 Å². The number of piperazine rings is 1. The van der Waals surface area contributed by atoms with Gasteiger partial charge in [-0.25, -0.2) is 4.98 Å². The van der Waals surface area contributed by atoms with Gasteiger partial charge in [-0.05, 0) is 56.4 Å². The van der Waals surface area contributed by atoms with Crippen LogP contribution in [-0.4, -0.2) is 97.4 Å². The predicted molar refractivity (Wildman–Crippen MR) is 155 cm³/mol. The van der Waals surface area contributed by atoms with Crippen LogP contribution in [0.5, 0.6) is 0 Å². The Morgan fingerprint density at radius 2 is 1.82 bits per heavy atom. The monoisotopic (exact) mass is 535 g/mol. The summed E-state index contributed by atoms with van der Waals surface area (Å²) in [6.45, 7) is 9.34. The van der Waals surface area contributed by atoms with Gasteiger partial charge in [-0.3, -0.25) is 4.79 Å². The van der Waals surface area contributed by atoms with Crippen LogP contribution in [0.25, 0.3) is 33.3 Å². The summed E-state index contributed by atoms with van der Waals surface area (Å²) in [5.41, 5.74) is 4.67. The van der Waals surface area contributed by atoms with Crippen molar-refractivity contribution >= 4 is 44.9 Å². The first-order valence-corrected chi connectivity index (χ1v) is 13.8. The minimum absolute atomic E-state index is 0.186. The van der Waals surface area contributed by atoms with E-state index in [9.17, 15) is 4.79 Å². The maximum absolute atomic E-state index is 13.4. The number of likely N-dealkylation sites (N-methyl/N-ethyl adjacent to an activating group) is 1. The molecule has 0 atom stereocenters. The Balaban J connectivity index is 1.31. The number of nitrogens with one attached hydrogen (secondary N) is 3. The average Bonchev–Trinajstić information content (AvgIpc) is 3.35. The van der Waals surface area contributed by atoms with Crippen LogP contribution >= 0.6 is 11.6 Å². The number of ether oxygens (including phenoxy) is 1. The first-order valence-electron chi connectivity index (χ1n) is 13.4. The molecule has 2 fully saturated rings. The van der Waals surface area contributed by atoms with Crippen molar-refractivity contribution < 1.29 is 4.74 Å². The number of nitrogens with zero attached hydrogens (tertiary/aromatic N) is 4. The molecular formula is C28H34ClN7O2. The van der Waals surface area contributed by atoms with E-state index in [-0.39, 0.29) is 5.56 Å². The molecule has 0 saturated carbocycles. The topological polar surface area (TPSA) is 92.5 Å². The Hall–Kier alpha value is -3.11. The Kier molecular flexibility index (Phi) is 7.25. The van der Waals surface area contributed by atoms with Gasteiger partial charge in [0.05, 0.1) is 35.5 Å². The maximum atomic E-state index is 13.4. The SMILES string of the molecule is CN1CCN(CCCNc2c(-c3nc4ccc(N5CCOCC5)cc4[nH]3)c(=O)[nH]c3ccc(Cl)cc23)CC1. The predicted octanol–water partition coefficient (Wildman–Crippen LogP) is 3.61. The zero-order valence-corrected chi connectivity index (χ0v) is 22.5. The minimum atomic E-state index is -0.186. The van der Waals surface area contributed by atoms with Gasteiger partial charge < -0.3 is 34.7 Å². The van der Waals surface area contributed by atoms with Crippen molar-refractivity contribution in [1.82, 2.24) is 24.8 Å². The van der Waals surface area contributed by atoms with E-state index in [1.54, 1.807) is 6.07 Å². The highest BCUT2D eigenvalue weighted by Gasteiger charge is 2.20. The molecule has 9 nitrogen and oxygen atoms in total. The number of imidazole rings is 1. The number of morpholine rings is 1. The quantitative estimate of drug-likeness (QED) is 0.311. The van der Waals surface area contributed by atoms with Crippen molar-refractivity contribution in [3.05, 3.63) is 51.8 Å². The molecule has 2 aliphatic heterocycles. The normalized spacial score (nSPS) is 17.5. The van der Waals surface area contributed by atoms with E-state index in [1.165, 1.54) is 0 Å². The van der Waals surface area contributed by atoms with Gasteiger partial charge in [-0.15, -0.1) is 0 Å². The van der Waals surface area contributed by atoms with Gasteiger partial charge in [0.15, 0.2) is 0 Å². The van der Waals surface area contributed by atoms with Crippen molar-refractivity contribution in [3.8, 4) is 11.4 Å². The number of benzene rings is 2. The summed E-state index contributed by atoms with van der Waals surface area (Å²) in [6, 6.07) is 11.7. The molecule has 0 spiro atoms. The van der Waals surface area contributed by atoms with E-state index in [2.05, 4.69) is 49.2 Å². The second-order valence-electron chi connectivity index (χ2n) is 10.2. The number of rotatable bonds is 7. The molecule has 2 aromatic heterocycles. The Morgan fingerprint density at radius 3 is 2.63 bits per heavy atom. The summed E-state index contributed by atoms with van der Waals surface area (Å²) in [5, 5.41) is 5.08. The third-order valence-electron chi connectivity index (χ3n) is 7.60. The van der Waals surface area contributed by atoms with Gasteiger partial charge in [0.25, 0.3) is 5.56 Å². The molecular weight excluding hydrogens is 502 g/mol. The van der Waals surface area contributed by atoms with Crippen LogP contribution < -0.4 is 15.8 Å². The minimum Gasteiger partial charge on any atom is -0.384 e.